The number of aliphatic hydroxyl groups excluding tert-OH is 1. The Morgan fingerprint density at radius 3 is 1.75 bits per heavy atom. The van der Waals surface area contributed by atoms with E-state index in [2.05, 4.69) is 0 Å². The first-order valence-corrected chi connectivity index (χ1v) is 5.28. The summed E-state index contributed by atoms with van der Waals surface area (Å²) in [5, 5.41) is 8.38. The van der Waals surface area contributed by atoms with Crippen LogP contribution in [0.3, 0.4) is 0 Å². The Labute approximate surface area is 109 Å². The lowest BCUT2D eigenvalue weighted by Crippen LogP contribution is -2.11. The van der Waals surface area contributed by atoms with Gasteiger partial charge in [-0.25, -0.2) is 4.39 Å². The van der Waals surface area contributed by atoms with Crippen LogP contribution in [0.2, 0.25) is 0 Å². The lowest BCUT2D eigenvalue weighted by Gasteiger charge is -2.13. The molecule has 1 N–H and O–H groups in total. The maximum atomic E-state index is 12.7. The second kappa shape index (κ2) is 5.82. The van der Waals surface area contributed by atoms with E-state index in [0.29, 0.717) is 12.1 Å². The highest BCUT2D eigenvalue weighted by molar-refractivity contribution is 5.34. The van der Waals surface area contributed by atoms with Crippen molar-refractivity contribution < 1.29 is 35.8 Å². The average molecular weight is 302 g/mol. The molecular weight excluding hydrogens is 293 g/mol. The van der Waals surface area contributed by atoms with Crippen LogP contribution in [0, 0.1) is 0 Å². The highest BCUT2D eigenvalue weighted by Gasteiger charge is 2.36. The summed E-state index contributed by atoms with van der Waals surface area (Å²) in [6.45, 7) is -0.967. The van der Waals surface area contributed by atoms with Crippen molar-refractivity contribution in [3.63, 3.8) is 0 Å². The zero-order valence-corrected chi connectivity index (χ0v) is 9.82. The Morgan fingerprint density at radius 1 is 0.950 bits per heavy atom. The fourth-order valence-corrected chi connectivity index (χ4v) is 1.43. The van der Waals surface area contributed by atoms with Crippen LogP contribution in [-0.2, 0) is 18.8 Å². The standard InChI is InChI=1S/C12H9F7O/c13-10(6-20)2-1-7-3-8(11(14,15)16)5-9(4-7)12(17,18)19/h2-5,20H,1,6H2/b10-2-. The molecule has 0 saturated heterocycles. The molecule has 1 nitrogen and oxygen atoms in total. The average Bonchev–Trinajstić information content (AvgIpc) is 2.33. The zero-order valence-electron chi connectivity index (χ0n) is 9.82. The van der Waals surface area contributed by atoms with Crippen molar-refractivity contribution in [3.05, 3.63) is 46.8 Å². The normalized spacial score (nSPS) is 13.7. The molecule has 0 saturated carbocycles. The number of hydrogen-bond donors (Lipinski definition) is 1. The van der Waals surface area contributed by atoms with Crippen LogP contribution in [0.15, 0.2) is 30.1 Å². The van der Waals surface area contributed by atoms with Crippen molar-refractivity contribution in [2.75, 3.05) is 6.61 Å². The number of hydrogen-bond acceptors (Lipinski definition) is 1. The fourth-order valence-electron chi connectivity index (χ4n) is 1.43. The maximum absolute atomic E-state index is 12.7. The van der Waals surface area contributed by atoms with Crippen molar-refractivity contribution in [2.24, 2.45) is 0 Å². The zero-order chi connectivity index (χ0) is 15.6. The van der Waals surface area contributed by atoms with E-state index in [-0.39, 0.29) is 11.6 Å². The summed E-state index contributed by atoms with van der Waals surface area (Å²) in [6.07, 6.45) is -9.64. The Kier molecular flexibility index (Phi) is 4.80. The largest absolute Gasteiger partial charge is 0.416 e. The molecule has 0 spiro atoms. The third kappa shape index (κ3) is 4.52. The van der Waals surface area contributed by atoms with E-state index >= 15 is 0 Å². The SMILES string of the molecule is OC/C(F)=C/Cc1cc(C(F)(F)F)cc(C(F)(F)F)c1. The van der Waals surface area contributed by atoms with Gasteiger partial charge in [-0.2, -0.15) is 26.3 Å². The molecule has 8 heteroatoms. The molecule has 1 aromatic carbocycles. The molecule has 1 rings (SSSR count). The quantitative estimate of drug-likeness (QED) is 0.833. The van der Waals surface area contributed by atoms with Gasteiger partial charge in [0.05, 0.1) is 17.7 Å². The van der Waals surface area contributed by atoms with Gasteiger partial charge in [-0.3, -0.25) is 0 Å². The Bertz CT molecular complexity index is 467. The maximum Gasteiger partial charge on any atom is 0.416 e. The van der Waals surface area contributed by atoms with Gasteiger partial charge in [-0.15, -0.1) is 0 Å². The molecule has 0 heterocycles. The molecule has 0 amide bonds. The highest BCUT2D eigenvalue weighted by atomic mass is 19.4. The van der Waals surface area contributed by atoms with Crippen LogP contribution >= 0.6 is 0 Å². The minimum absolute atomic E-state index is 0.00435. The second-order valence-electron chi connectivity index (χ2n) is 3.93. The van der Waals surface area contributed by atoms with Crippen molar-refractivity contribution >= 4 is 0 Å². The topological polar surface area (TPSA) is 20.2 Å². The summed E-state index contributed by atoms with van der Waals surface area (Å²) >= 11 is 0. The van der Waals surface area contributed by atoms with Gasteiger partial charge in [-0.1, -0.05) is 0 Å². The first kappa shape index (κ1) is 16.5. The third-order valence-corrected chi connectivity index (χ3v) is 2.36. The Balaban J connectivity index is 3.24. The van der Waals surface area contributed by atoms with Crippen molar-refractivity contribution in [1.29, 1.82) is 0 Å². The van der Waals surface area contributed by atoms with Crippen molar-refractivity contribution in [3.8, 4) is 0 Å². The summed E-state index contributed by atoms with van der Waals surface area (Å²) in [5.41, 5.74) is -3.27. The van der Waals surface area contributed by atoms with E-state index in [1.807, 2.05) is 0 Å². The smallest absolute Gasteiger partial charge is 0.389 e. The fraction of sp³-hybridized carbons (Fsp3) is 0.333. The van der Waals surface area contributed by atoms with Gasteiger partial charge in [0.15, 0.2) is 0 Å². The van der Waals surface area contributed by atoms with Gasteiger partial charge in [0.2, 0.25) is 0 Å². The van der Waals surface area contributed by atoms with Crippen LogP contribution in [0.5, 0.6) is 0 Å². The summed E-state index contributed by atoms with van der Waals surface area (Å²) < 4.78 is 87.7. The number of halogens is 7. The van der Waals surface area contributed by atoms with E-state index in [4.69, 9.17) is 5.11 Å². The minimum Gasteiger partial charge on any atom is -0.389 e. The Hall–Kier alpha value is -1.57. The predicted octanol–water partition coefficient (Wildman–Crippen LogP) is 4.11. The molecule has 0 radical (unpaired) electrons. The molecular formula is C12H9F7O. The first-order valence-electron chi connectivity index (χ1n) is 5.28. The molecule has 1 aromatic rings. The molecule has 0 bridgehead atoms. The van der Waals surface area contributed by atoms with Crippen molar-refractivity contribution in [2.45, 2.75) is 18.8 Å². The van der Waals surface area contributed by atoms with E-state index in [0.717, 1.165) is 6.08 Å². The van der Waals surface area contributed by atoms with Crippen LogP contribution in [0.25, 0.3) is 0 Å². The molecule has 0 aliphatic rings. The summed E-state index contributed by atoms with van der Waals surface area (Å²) in [4.78, 5) is 0. The number of allylic oxidation sites excluding steroid dienone is 1. The lowest BCUT2D eigenvalue weighted by atomic mass is 10.0. The monoisotopic (exact) mass is 302 g/mol. The molecule has 112 valence electrons. The van der Waals surface area contributed by atoms with Gasteiger partial charge in [0.25, 0.3) is 0 Å². The van der Waals surface area contributed by atoms with Crippen LogP contribution in [-0.4, -0.2) is 11.7 Å². The number of alkyl halides is 6. The molecule has 0 atom stereocenters. The van der Waals surface area contributed by atoms with Crippen molar-refractivity contribution in [1.82, 2.24) is 0 Å². The minimum atomic E-state index is -4.94. The summed E-state index contributed by atoms with van der Waals surface area (Å²) in [7, 11) is 0. The van der Waals surface area contributed by atoms with Gasteiger partial charge < -0.3 is 5.11 Å². The van der Waals surface area contributed by atoms with E-state index in [1.165, 1.54) is 0 Å². The van der Waals surface area contributed by atoms with Gasteiger partial charge >= 0.3 is 12.4 Å². The van der Waals surface area contributed by atoms with Crippen LogP contribution in [0.1, 0.15) is 16.7 Å². The first-order chi connectivity index (χ1) is 9.04. The second-order valence-corrected chi connectivity index (χ2v) is 3.93. The number of rotatable bonds is 3. The van der Waals surface area contributed by atoms with Crippen LogP contribution in [0.4, 0.5) is 30.7 Å². The Morgan fingerprint density at radius 2 is 1.40 bits per heavy atom. The molecule has 0 fully saturated rings. The highest BCUT2D eigenvalue weighted by Crippen LogP contribution is 2.36. The number of benzene rings is 1. The van der Waals surface area contributed by atoms with Gasteiger partial charge in [-0.05, 0) is 36.3 Å². The summed E-state index contributed by atoms with van der Waals surface area (Å²) in [6, 6.07) is 1.02. The predicted molar refractivity (Wildman–Crippen MR) is 56.4 cm³/mol. The molecule has 0 unspecified atom stereocenters. The molecule has 0 aromatic heterocycles. The van der Waals surface area contributed by atoms with Crippen LogP contribution < -0.4 is 0 Å². The third-order valence-electron chi connectivity index (χ3n) is 2.36. The molecule has 0 aliphatic heterocycles. The van der Waals surface area contributed by atoms with Gasteiger partial charge in [0, 0.05) is 0 Å². The van der Waals surface area contributed by atoms with Gasteiger partial charge in [0.1, 0.15) is 5.83 Å². The number of aliphatic hydroxyl groups is 1. The molecule has 0 aliphatic carbocycles. The molecule has 20 heavy (non-hydrogen) atoms. The van der Waals surface area contributed by atoms with E-state index < -0.39 is 42.3 Å². The summed E-state index contributed by atoms with van der Waals surface area (Å²) in [5.74, 6) is -1.03. The van der Waals surface area contributed by atoms with E-state index in [9.17, 15) is 30.7 Å². The van der Waals surface area contributed by atoms with E-state index in [1.54, 1.807) is 0 Å². The lowest BCUT2D eigenvalue weighted by molar-refractivity contribution is -0.143.